The zero-order chi connectivity index (χ0) is 16.1. The van der Waals surface area contributed by atoms with Crippen LogP contribution in [0.15, 0.2) is 65.0 Å². The van der Waals surface area contributed by atoms with Crippen molar-refractivity contribution in [1.29, 1.82) is 0 Å². The highest BCUT2D eigenvalue weighted by molar-refractivity contribution is 6.10. The molecule has 1 unspecified atom stereocenters. The van der Waals surface area contributed by atoms with Gasteiger partial charge in [-0.1, -0.05) is 42.4 Å². The fourth-order valence-electron chi connectivity index (χ4n) is 2.41. The van der Waals surface area contributed by atoms with E-state index in [2.05, 4.69) is 5.32 Å². The highest BCUT2D eigenvalue weighted by atomic mass is 16.3. The Hall–Kier alpha value is -2.48. The molecule has 1 aliphatic heterocycles. The van der Waals surface area contributed by atoms with Gasteiger partial charge in [-0.2, -0.15) is 0 Å². The molecule has 0 spiro atoms. The summed E-state index contributed by atoms with van der Waals surface area (Å²) in [4.78, 5) is 0. The smallest absolute Gasteiger partial charge is 0.136 e. The second-order valence-electron chi connectivity index (χ2n) is 4.33. The van der Waals surface area contributed by atoms with Crippen molar-refractivity contribution in [2.24, 2.45) is 0 Å². The Labute approximate surface area is 116 Å². The van der Waals surface area contributed by atoms with Crippen LogP contribution in [0.2, 0.25) is 0 Å². The number of benzene rings is 2. The van der Waals surface area contributed by atoms with E-state index in [-0.39, 0.29) is 18.2 Å². The molecule has 4 rings (SSSR count). The quantitative estimate of drug-likeness (QED) is 0.704. The standard InChI is InChI=1S/C17H13NO/c1-2-9-15-13(6-1)17-12(7-5-10-16(17)19-15)14-8-3-4-11-18-14/h1-10,18H,11H2/i3D,4D,8D,11D. The van der Waals surface area contributed by atoms with E-state index in [1.807, 2.05) is 42.5 Å². The van der Waals surface area contributed by atoms with Gasteiger partial charge in [-0.15, -0.1) is 0 Å². The third kappa shape index (κ3) is 1.57. The van der Waals surface area contributed by atoms with Crippen LogP contribution in [0.25, 0.3) is 27.6 Å². The Morgan fingerprint density at radius 2 is 2.00 bits per heavy atom. The first-order valence-electron chi connectivity index (χ1n) is 8.13. The molecule has 0 amide bonds. The summed E-state index contributed by atoms with van der Waals surface area (Å²) < 4.78 is 37.5. The van der Waals surface area contributed by atoms with Gasteiger partial charge in [-0.05, 0) is 18.2 Å². The first-order valence-corrected chi connectivity index (χ1v) is 6.06. The lowest BCUT2D eigenvalue weighted by Crippen LogP contribution is -2.14. The highest BCUT2D eigenvalue weighted by Crippen LogP contribution is 2.33. The van der Waals surface area contributed by atoms with Crippen LogP contribution in [-0.4, -0.2) is 6.52 Å². The maximum atomic E-state index is 8.17. The van der Waals surface area contributed by atoms with Gasteiger partial charge < -0.3 is 9.73 Å². The molecule has 1 atom stereocenters. The molecule has 92 valence electrons. The largest absolute Gasteiger partial charge is 0.456 e. The normalized spacial score (nSPS) is 23.1. The van der Waals surface area contributed by atoms with Crippen molar-refractivity contribution >= 4 is 27.6 Å². The van der Waals surface area contributed by atoms with E-state index >= 15 is 0 Å². The molecule has 0 radical (unpaired) electrons. The van der Waals surface area contributed by atoms with Crippen molar-refractivity contribution in [3.8, 4) is 0 Å². The van der Waals surface area contributed by atoms with E-state index in [1.54, 1.807) is 0 Å². The molecule has 0 bridgehead atoms. The van der Waals surface area contributed by atoms with E-state index in [4.69, 9.17) is 9.90 Å². The van der Waals surface area contributed by atoms with Gasteiger partial charge in [0.05, 0.1) is 5.48 Å². The fraction of sp³-hybridized carbons (Fsp3) is 0.0588. The van der Waals surface area contributed by atoms with Gasteiger partial charge >= 0.3 is 0 Å². The lowest BCUT2D eigenvalue weighted by atomic mass is 10.0. The zero-order valence-corrected chi connectivity index (χ0v) is 10.0. The van der Waals surface area contributed by atoms with Gasteiger partial charge in [-0.25, -0.2) is 0 Å². The van der Waals surface area contributed by atoms with Gasteiger partial charge in [0, 0.05) is 28.6 Å². The predicted octanol–water partition coefficient (Wildman–Crippen LogP) is 4.09. The first kappa shape index (κ1) is 7.19. The van der Waals surface area contributed by atoms with Gasteiger partial charge in [0.1, 0.15) is 11.2 Å². The van der Waals surface area contributed by atoms with Crippen LogP contribution in [0.1, 0.15) is 11.0 Å². The minimum atomic E-state index is -1.04. The minimum absolute atomic E-state index is 0.0729. The predicted molar refractivity (Wildman–Crippen MR) is 78.8 cm³/mol. The molecule has 2 nitrogen and oxygen atoms in total. The summed E-state index contributed by atoms with van der Waals surface area (Å²) in [6.07, 6.45) is 0. The number of para-hydroxylation sites is 1. The number of fused-ring (bicyclic) bond motifs is 3. The van der Waals surface area contributed by atoms with Crippen LogP contribution in [-0.2, 0) is 0 Å². The maximum Gasteiger partial charge on any atom is 0.136 e. The molecule has 0 saturated carbocycles. The van der Waals surface area contributed by atoms with Gasteiger partial charge in [0.15, 0.2) is 0 Å². The number of hydrogen-bond acceptors (Lipinski definition) is 2. The van der Waals surface area contributed by atoms with Crippen LogP contribution in [0, 0.1) is 0 Å². The minimum Gasteiger partial charge on any atom is -0.456 e. The molecular formula is C17H13NO. The van der Waals surface area contributed by atoms with Crippen molar-refractivity contribution in [3.63, 3.8) is 0 Å². The lowest BCUT2D eigenvalue weighted by Gasteiger charge is -2.13. The molecule has 19 heavy (non-hydrogen) atoms. The number of allylic oxidation sites excluding steroid dienone is 2. The summed E-state index contributed by atoms with van der Waals surface area (Å²) in [5.74, 6) is 0. The maximum absolute atomic E-state index is 8.17. The van der Waals surface area contributed by atoms with E-state index in [0.29, 0.717) is 16.8 Å². The van der Waals surface area contributed by atoms with Crippen LogP contribution in [0.3, 0.4) is 0 Å². The molecule has 2 aromatic carbocycles. The van der Waals surface area contributed by atoms with E-state index < -0.39 is 6.52 Å². The lowest BCUT2D eigenvalue weighted by molar-refractivity contribution is 0.669. The average molecular weight is 251 g/mol. The van der Waals surface area contributed by atoms with Gasteiger partial charge in [-0.3, -0.25) is 0 Å². The topological polar surface area (TPSA) is 25.2 Å². The number of rotatable bonds is 1. The summed E-state index contributed by atoms with van der Waals surface area (Å²) in [5, 5.41) is 4.64. The van der Waals surface area contributed by atoms with Crippen molar-refractivity contribution in [2.45, 2.75) is 0 Å². The van der Waals surface area contributed by atoms with Gasteiger partial charge in [0.25, 0.3) is 0 Å². The first-order chi connectivity index (χ1) is 11.1. The fourth-order valence-corrected chi connectivity index (χ4v) is 2.41. The third-order valence-corrected chi connectivity index (χ3v) is 3.22. The van der Waals surface area contributed by atoms with Crippen LogP contribution in [0.4, 0.5) is 0 Å². The SMILES string of the molecule is [2H]C1=C(c2cccc3oc4ccccc4c23)NC([2H])C([2H])=C1[2H]. The molecule has 0 saturated heterocycles. The molecular weight excluding hydrogens is 234 g/mol. The molecule has 1 N–H and O–H groups in total. The van der Waals surface area contributed by atoms with Crippen LogP contribution < -0.4 is 5.32 Å². The average Bonchev–Trinajstić information content (AvgIpc) is 2.95. The summed E-state index contributed by atoms with van der Waals surface area (Å²) in [5.41, 5.74) is 2.55. The van der Waals surface area contributed by atoms with Crippen molar-refractivity contribution < 1.29 is 9.90 Å². The van der Waals surface area contributed by atoms with Gasteiger partial charge in [0.2, 0.25) is 0 Å². The molecule has 0 fully saturated rings. The second-order valence-corrected chi connectivity index (χ2v) is 4.33. The monoisotopic (exact) mass is 251 g/mol. The number of dihydropyridines is 1. The van der Waals surface area contributed by atoms with Crippen molar-refractivity contribution in [3.05, 3.63) is 66.2 Å². The Morgan fingerprint density at radius 1 is 1.11 bits per heavy atom. The van der Waals surface area contributed by atoms with Crippen LogP contribution >= 0.6 is 0 Å². The molecule has 3 aromatic rings. The van der Waals surface area contributed by atoms with E-state index in [1.165, 1.54) is 0 Å². The summed E-state index contributed by atoms with van der Waals surface area (Å²) in [6, 6.07) is 12.7. The number of nitrogens with one attached hydrogen (secondary N) is 1. The second kappa shape index (κ2) is 4.02. The molecule has 0 aliphatic carbocycles. The third-order valence-electron chi connectivity index (χ3n) is 3.22. The summed E-state index contributed by atoms with van der Waals surface area (Å²) in [7, 11) is 0. The highest BCUT2D eigenvalue weighted by Gasteiger charge is 2.13. The van der Waals surface area contributed by atoms with Crippen molar-refractivity contribution in [2.75, 3.05) is 6.52 Å². The Kier molecular flexibility index (Phi) is 1.52. The molecule has 1 aromatic heterocycles. The van der Waals surface area contributed by atoms with Crippen LogP contribution in [0.5, 0.6) is 0 Å². The van der Waals surface area contributed by atoms with Crippen molar-refractivity contribution in [1.82, 2.24) is 5.32 Å². The molecule has 1 aliphatic rings. The van der Waals surface area contributed by atoms with E-state index in [9.17, 15) is 0 Å². The Bertz CT molecular complexity index is 1000. The number of furan rings is 1. The number of hydrogen-bond donors (Lipinski definition) is 1. The Morgan fingerprint density at radius 3 is 3.00 bits per heavy atom. The molecule has 2 heteroatoms. The van der Waals surface area contributed by atoms with E-state index in [0.717, 1.165) is 16.4 Å². The Balaban J connectivity index is 2.07. The summed E-state index contributed by atoms with van der Waals surface area (Å²) >= 11 is 0. The molecule has 2 heterocycles. The zero-order valence-electron chi connectivity index (χ0n) is 14.0. The summed E-state index contributed by atoms with van der Waals surface area (Å²) in [6.45, 7) is -1.04.